The normalized spacial score (nSPS) is 13.5. The van der Waals surface area contributed by atoms with Crippen LogP contribution >= 0.6 is 11.6 Å². The molecule has 2 aromatic rings. The number of rotatable bonds is 1. The third kappa shape index (κ3) is 1.29. The molecule has 0 aliphatic carbocycles. The van der Waals surface area contributed by atoms with Crippen molar-refractivity contribution in [1.29, 1.82) is 0 Å². The Bertz CT molecular complexity index is 557. The monoisotopic (exact) mass is 217 g/mol. The zero-order chi connectivity index (χ0) is 10.3. The van der Waals surface area contributed by atoms with Crippen LogP contribution in [0.2, 0.25) is 0 Å². The van der Waals surface area contributed by atoms with Crippen LogP contribution in [0.1, 0.15) is 0 Å². The van der Waals surface area contributed by atoms with Gasteiger partial charge in [0.15, 0.2) is 0 Å². The lowest BCUT2D eigenvalue weighted by Gasteiger charge is -2.16. The summed E-state index contributed by atoms with van der Waals surface area (Å²) in [5.41, 5.74) is 0.935. The molecule has 15 heavy (non-hydrogen) atoms. The first-order valence-electron chi connectivity index (χ1n) is 4.71. The Morgan fingerprint density at radius 2 is 1.93 bits per heavy atom. The number of aliphatic imine (C=N–C) groups is 1. The SMILES string of the molecule is ClCC1=Nc2cccc3cccc(c23)O1. The van der Waals surface area contributed by atoms with Crippen LogP contribution in [0.15, 0.2) is 41.4 Å². The standard InChI is InChI=1S/C12H8ClNO/c13-7-11-14-9-5-1-3-8-4-2-6-10(15-11)12(8)9/h1-6H,7H2. The first-order chi connectivity index (χ1) is 7.38. The molecule has 0 saturated carbocycles. The molecule has 0 saturated heterocycles. The maximum Gasteiger partial charge on any atom is 0.210 e. The first kappa shape index (κ1) is 8.74. The smallest absolute Gasteiger partial charge is 0.210 e. The van der Waals surface area contributed by atoms with E-state index in [4.69, 9.17) is 16.3 Å². The van der Waals surface area contributed by atoms with Gasteiger partial charge in [-0.1, -0.05) is 24.3 Å². The highest BCUT2D eigenvalue weighted by atomic mass is 35.5. The van der Waals surface area contributed by atoms with E-state index >= 15 is 0 Å². The molecule has 0 bridgehead atoms. The van der Waals surface area contributed by atoms with Gasteiger partial charge in [0.25, 0.3) is 0 Å². The van der Waals surface area contributed by atoms with Gasteiger partial charge in [0, 0.05) is 0 Å². The van der Waals surface area contributed by atoms with Crippen molar-refractivity contribution in [2.75, 3.05) is 5.88 Å². The number of nitrogens with zero attached hydrogens (tertiary/aromatic N) is 1. The molecule has 0 aromatic heterocycles. The highest BCUT2D eigenvalue weighted by Crippen LogP contribution is 2.37. The summed E-state index contributed by atoms with van der Waals surface area (Å²) in [6, 6.07) is 12.0. The highest BCUT2D eigenvalue weighted by Gasteiger charge is 2.14. The molecule has 0 amide bonds. The molecule has 0 spiro atoms. The lowest BCUT2D eigenvalue weighted by Crippen LogP contribution is -2.12. The van der Waals surface area contributed by atoms with E-state index in [2.05, 4.69) is 4.99 Å². The largest absolute Gasteiger partial charge is 0.441 e. The average molecular weight is 218 g/mol. The molecular formula is C12H8ClNO. The van der Waals surface area contributed by atoms with Crippen LogP contribution in [0.25, 0.3) is 10.8 Å². The Labute approximate surface area is 92.1 Å². The summed E-state index contributed by atoms with van der Waals surface area (Å²) in [6.07, 6.45) is 0. The number of alkyl halides is 1. The molecule has 0 fully saturated rings. The summed E-state index contributed by atoms with van der Waals surface area (Å²) in [4.78, 5) is 4.34. The van der Waals surface area contributed by atoms with E-state index in [1.165, 1.54) is 0 Å². The molecule has 2 nitrogen and oxygen atoms in total. The Balaban J connectivity index is 2.38. The zero-order valence-corrected chi connectivity index (χ0v) is 8.66. The van der Waals surface area contributed by atoms with Crippen LogP contribution in [0, 0.1) is 0 Å². The van der Waals surface area contributed by atoms with Crippen molar-refractivity contribution in [3.63, 3.8) is 0 Å². The van der Waals surface area contributed by atoms with E-state index in [1.54, 1.807) is 0 Å². The van der Waals surface area contributed by atoms with E-state index in [0.717, 1.165) is 22.2 Å². The van der Waals surface area contributed by atoms with Gasteiger partial charge in [0.05, 0.1) is 17.0 Å². The van der Waals surface area contributed by atoms with Crippen molar-refractivity contribution in [2.45, 2.75) is 0 Å². The van der Waals surface area contributed by atoms with Gasteiger partial charge in [-0.3, -0.25) is 0 Å². The molecule has 0 radical (unpaired) electrons. The Morgan fingerprint density at radius 1 is 1.13 bits per heavy atom. The maximum absolute atomic E-state index is 5.73. The molecule has 0 N–H and O–H groups in total. The van der Waals surface area contributed by atoms with Crippen LogP contribution in [0.4, 0.5) is 5.69 Å². The van der Waals surface area contributed by atoms with E-state index in [9.17, 15) is 0 Å². The Hall–Kier alpha value is -1.54. The van der Waals surface area contributed by atoms with Gasteiger partial charge in [-0.25, -0.2) is 4.99 Å². The second kappa shape index (κ2) is 3.24. The second-order valence-electron chi connectivity index (χ2n) is 3.37. The molecule has 1 heterocycles. The fourth-order valence-corrected chi connectivity index (χ4v) is 1.92. The minimum Gasteiger partial charge on any atom is -0.441 e. The maximum atomic E-state index is 5.73. The second-order valence-corrected chi connectivity index (χ2v) is 3.64. The molecule has 0 atom stereocenters. The number of hydrogen-bond acceptors (Lipinski definition) is 2. The van der Waals surface area contributed by atoms with Gasteiger partial charge in [-0.05, 0) is 17.5 Å². The third-order valence-electron chi connectivity index (χ3n) is 2.43. The lowest BCUT2D eigenvalue weighted by atomic mass is 10.1. The molecule has 0 unspecified atom stereocenters. The summed E-state index contributed by atoms with van der Waals surface area (Å²) in [6.45, 7) is 0. The van der Waals surface area contributed by atoms with Crippen LogP contribution < -0.4 is 4.74 Å². The zero-order valence-electron chi connectivity index (χ0n) is 7.90. The van der Waals surface area contributed by atoms with Gasteiger partial charge in [0.2, 0.25) is 5.90 Å². The van der Waals surface area contributed by atoms with E-state index in [0.29, 0.717) is 11.8 Å². The summed E-state index contributed by atoms with van der Waals surface area (Å²) >= 11 is 5.73. The fraction of sp³-hybridized carbons (Fsp3) is 0.0833. The Morgan fingerprint density at radius 3 is 2.73 bits per heavy atom. The molecule has 1 aliphatic rings. The summed E-state index contributed by atoms with van der Waals surface area (Å²) in [5.74, 6) is 1.70. The molecule has 74 valence electrons. The average Bonchev–Trinajstić information content (AvgIpc) is 2.29. The molecule has 2 aromatic carbocycles. The Kier molecular flexibility index (Phi) is 1.89. The van der Waals surface area contributed by atoms with E-state index in [-0.39, 0.29) is 0 Å². The van der Waals surface area contributed by atoms with Crippen molar-refractivity contribution < 1.29 is 4.74 Å². The van der Waals surface area contributed by atoms with Crippen LogP contribution in [0.5, 0.6) is 5.75 Å². The van der Waals surface area contributed by atoms with Crippen molar-refractivity contribution in [3.8, 4) is 5.75 Å². The molecule has 3 heteroatoms. The van der Waals surface area contributed by atoms with Crippen LogP contribution in [-0.2, 0) is 0 Å². The minimum absolute atomic E-state index is 0.296. The van der Waals surface area contributed by atoms with Gasteiger partial charge in [-0.15, -0.1) is 11.6 Å². The van der Waals surface area contributed by atoms with Crippen LogP contribution in [0.3, 0.4) is 0 Å². The lowest BCUT2D eigenvalue weighted by molar-refractivity contribution is 0.550. The molecule has 1 aliphatic heterocycles. The molecular weight excluding hydrogens is 210 g/mol. The van der Waals surface area contributed by atoms with Crippen molar-refractivity contribution in [2.24, 2.45) is 4.99 Å². The summed E-state index contributed by atoms with van der Waals surface area (Å²) < 4.78 is 5.57. The van der Waals surface area contributed by atoms with E-state index < -0.39 is 0 Å². The van der Waals surface area contributed by atoms with Crippen LogP contribution in [-0.4, -0.2) is 11.8 Å². The van der Waals surface area contributed by atoms with Gasteiger partial charge >= 0.3 is 0 Å². The fourth-order valence-electron chi connectivity index (χ4n) is 1.81. The highest BCUT2D eigenvalue weighted by molar-refractivity contribution is 6.28. The topological polar surface area (TPSA) is 21.6 Å². The predicted molar refractivity (Wildman–Crippen MR) is 62.4 cm³/mol. The number of ether oxygens (including phenoxy) is 1. The quantitative estimate of drug-likeness (QED) is 0.670. The van der Waals surface area contributed by atoms with Crippen molar-refractivity contribution in [1.82, 2.24) is 0 Å². The number of hydrogen-bond donors (Lipinski definition) is 0. The minimum atomic E-state index is 0.296. The van der Waals surface area contributed by atoms with Crippen molar-refractivity contribution >= 4 is 34.0 Å². The first-order valence-corrected chi connectivity index (χ1v) is 5.25. The predicted octanol–water partition coefficient (Wildman–Crippen LogP) is 3.50. The van der Waals surface area contributed by atoms with Gasteiger partial charge in [0.1, 0.15) is 5.75 Å². The number of halogens is 1. The van der Waals surface area contributed by atoms with Gasteiger partial charge in [-0.2, -0.15) is 0 Å². The van der Waals surface area contributed by atoms with E-state index in [1.807, 2.05) is 36.4 Å². The summed E-state index contributed by atoms with van der Waals surface area (Å²) in [5, 5.41) is 2.20. The van der Waals surface area contributed by atoms with Crippen molar-refractivity contribution in [3.05, 3.63) is 36.4 Å². The molecule has 3 rings (SSSR count). The summed E-state index contributed by atoms with van der Waals surface area (Å²) in [7, 11) is 0. The number of benzene rings is 2. The third-order valence-corrected chi connectivity index (χ3v) is 2.66. The van der Waals surface area contributed by atoms with Gasteiger partial charge < -0.3 is 4.74 Å².